The lowest BCUT2D eigenvalue weighted by atomic mass is 10.0. The van der Waals surface area contributed by atoms with E-state index in [1.807, 2.05) is 0 Å². The van der Waals surface area contributed by atoms with Crippen LogP contribution in [0.2, 0.25) is 0 Å². The Labute approximate surface area is 322 Å². The maximum Gasteiger partial charge on any atom is 0.472 e. The summed E-state index contributed by atoms with van der Waals surface area (Å²) in [6, 6.07) is 0. The zero-order chi connectivity index (χ0) is 38.1. The van der Waals surface area contributed by atoms with Crippen LogP contribution >= 0.6 is 7.82 Å². The van der Waals surface area contributed by atoms with Crippen LogP contribution in [0, 0.1) is 0 Å². The van der Waals surface area contributed by atoms with E-state index in [9.17, 15) is 14.3 Å². The van der Waals surface area contributed by atoms with Crippen molar-refractivity contribution in [1.29, 1.82) is 0 Å². The topological polar surface area (TPSA) is 117 Å². The van der Waals surface area contributed by atoms with Crippen molar-refractivity contribution in [2.75, 3.05) is 33.0 Å². The van der Waals surface area contributed by atoms with E-state index >= 15 is 0 Å². The van der Waals surface area contributed by atoms with Gasteiger partial charge in [0.25, 0.3) is 0 Å². The summed E-state index contributed by atoms with van der Waals surface area (Å²) in [5.41, 5.74) is 5.37. The van der Waals surface area contributed by atoms with Gasteiger partial charge in [-0.05, 0) is 38.5 Å². The molecule has 0 bridgehead atoms. The molecule has 2 unspecified atom stereocenters. The number of rotatable bonds is 43. The molecule has 0 aliphatic carbocycles. The number of carbonyl (C=O) groups is 1. The molecule has 310 valence electrons. The third-order valence-electron chi connectivity index (χ3n) is 9.68. The molecule has 0 radical (unpaired) electrons. The van der Waals surface area contributed by atoms with Gasteiger partial charge in [-0.1, -0.05) is 187 Å². The van der Waals surface area contributed by atoms with Crippen LogP contribution < -0.4 is 5.73 Å². The fourth-order valence-electron chi connectivity index (χ4n) is 6.40. The van der Waals surface area contributed by atoms with Crippen molar-refractivity contribution < 1.29 is 32.8 Å². The number of allylic oxidation sites excluding steroid dienone is 2. The third kappa shape index (κ3) is 40.4. The summed E-state index contributed by atoms with van der Waals surface area (Å²) in [5.74, 6) is -0.336. The molecule has 0 saturated heterocycles. The number of nitrogens with two attached hydrogens (primary N) is 1. The summed E-state index contributed by atoms with van der Waals surface area (Å²) in [6.45, 7) is 4.94. The lowest BCUT2D eigenvalue weighted by Gasteiger charge is -2.20. The van der Waals surface area contributed by atoms with Gasteiger partial charge in [-0.3, -0.25) is 13.8 Å². The fraction of sp³-hybridized carbons (Fsp3) is 0.930. The molecule has 0 aromatic rings. The first-order valence-corrected chi connectivity index (χ1v) is 23.7. The molecule has 8 nitrogen and oxygen atoms in total. The Morgan fingerprint density at radius 2 is 0.962 bits per heavy atom. The molecular formula is C43H86NO7P. The number of ether oxygens (including phenoxy) is 2. The lowest BCUT2D eigenvalue weighted by molar-refractivity contribution is -0.154. The normalized spacial score (nSPS) is 13.5. The molecule has 9 heteroatoms. The van der Waals surface area contributed by atoms with Gasteiger partial charge in [-0.2, -0.15) is 0 Å². The standard InChI is InChI=1S/C43H86NO7P/c1-3-5-7-9-11-13-15-17-18-19-20-21-22-23-25-27-29-31-33-35-38-48-40-42(41-50-52(46,47)49-39-37-44)51-43(45)36-34-32-30-28-26-24-16-14-12-10-8-6-4-2/h14,16,42H,3-13,15,17-41,44H2,1-2H3,(H,46,47)/b16-14-. The van der Waals surface area contributed by atoms with Gasteiger partial charge in [-0.15, -0.1) is 0 Å². The van der Waals surface area contributed by atoms with Crippen LogP contribution in [0.25, 0.3) is 0 Å². The average molecular weight is 760 g/mol. The largest absolute Gasteiger partial charge is 0.472 e. The highest BCUT2D eigenvalue weighted by atomic mass is 31.2. The summed E-state index contributed by atoms with van der Waals surface area (Å²) >= 11 is 0. The molecule has 0 rings (SSSR count). The van der Waals surface area contributed by atoms with E-state index in [0.717, 1.165) is 44.9 Å². The maximum absolute atomic E-state index is 12.6. The Morgan fingerprint density at radius 3 is 1.42 bits per heavy atom. The van der Waals surface area contributed by atoms with Crippen molar-refractivity contribution in [3.05, 3.63) is 12.2 Å². The maximum atomic E-state index is 12.6. The lowest BCUT2D eigenvalue weighted by Crippen LogP contribution is -2.28. The number of carbonyl (C=O) groups excluding carboxylic acids is 1. The van der Waals surface area contributed by atoms with Crippen molar-refractivity contribution in [1.82, 2.24) is 0 Å². The van der Waals surface area contributed by atoms with Gasteiger partial charge >= 0.3 is 13.8 Å². The molecule has 52 heavy (non-hydrogen) atoms. The van der Waals surface area contributed by atoms with Gasteiger partial charge < -0.3 is 20.1 Å². The predicted octanol–water partition coefficient (Wildman–Crippen LogP) is 13.1. The minimum Gasteiger partial charge on any atom is -0.457 e. The van der Waals surface area contributed by atoms with Crippen LogP contribution in [0.4, 0.5) is 0 Å². The van der Waals surface area contributed by atoms with E-state index in [-0.39, 0.29) is 32.3 Å². The summed E-state index contributed by atoms with van der Waals surface area (Å²) in [5, 5.41) is 0. The highest BCUT2D eigenvalue weighted by molar-refractivity contribution is 7.47. The van der Waals surface area contributed by atoms with E-state index in [2.05, 4.69) is 26.0 Å². The van der Waals surface area contributed by atoms with Gasteiger partial charge in [0, 0.05) is 19.6 Å². The van der Waals surface area contributed by atoms with Crippen molar-refractivity contribution >= 4 is 13.8 Å². The zero-order valence-corrected chi connectivity index (χ0v) is 35.2. The Balaban J connectivity index is 3.94. The molecule has 0 aliphatic rings. The first kappa shape index (κ1) is 51.2. The second kappa shape index (κ2) is 41.4. The van der Waals surface area contributed by atoms with Gasteiger partial charge in [0.2, 0.25) is 0 Å². The fourth-order valence-corrected chi connectivity index (χ4v) is 7.17. The zero-order valence-electron chi connectivity index (χ0n) is 34.3. The number of unbranched alkanes of at least 4 members (excludes halogenated alkanes) is 28. The van der Waals surface area contributed by atoms with Gasteiger partial charge in [0.1, 0.15) is 6.10 Å². The van der Waals surface area contributed by atoms with E-state index in [1.165, 1.54) is 154 Å². The molecule has 0 amide bonds. The molecule has 0 aliphatic heterocycles. The molecule has 0 fully saturated rings. The summed E-state index contributed by atoms with van der Waals surface area (Å²) in [7, 11) is -4.27. The molecule has 0 aromatic heterocycles. The Morgan fingerprint density at radius 1 is 0.558 bits per heavy atom. The van der Waals surface area contributed by atoms with Crippen LogP contribution in [-0.2, 0) is 27.9 Å². The van der Waals surface area contributed by atoms with Crippen molar-refractivity contribution in [3.63, 3.8) is 0 Å². The first-order valence-electron chi connectivity index (χ1n) is 22.2. The Hall–Kier alpha value is -0.760. The summed E-state index contributed by atoms with van der Waals surface area (Å²) in [4.78, 5) is 22.4. The van der Waals surface area contributed by atoms with Crippen molar-refractivity contribution in [2.24, 2.45) is 5.73 Å². The van der Waals surface area contributed by atoms with E-state index in [1.54, 1.807) is 0 Å². The molecule has 0 spiro atoms. The van der Waals surface area contributed by atoms with Gasteiger partial charge in [-0.25, -0.2) is 4.57 Å². The van der Waals surface area contributed by atoms with E-state index in [4.69, 9.17) is 24.3 Å². The molecule has 2 atom stereocenters. The number of hydrogen-bond donors (Lipinski definition) is 2. The van der Waals surface area contributed by atoms with Crippen LogP contribution in [0.5, 0.6) is 0 Å². The smallest absolute Gasteiger partial charge is 0.457 e. The molecule has 0 heterocycles. The van der Waals surface area contributed by atoms with Crippen molar-refractivity contribution in [2.45, 2.75) is 225 Å². The third-order valence-corrected chi connectivity index (χ3v) is 10.7. The highest BCUT2D eigenvalue weighted by Crippen LogP contribution is 2.43. The molecule has 0 aromatic carbocycles. The van der Waals surface area contributed by atoms with Crippen molar-refractivity contribution in [3.8, 4) is 0 Å². The van der Waals surface area contributed by atoms with Crippen LogP contribution in [0.1, 0.15) is 219 Å². The second-order valence-corrected chi connectivity index (χ2v) is 16.4. The van der Waals surface area contributed by atoms with E-state index < -0.39 is 13.9 Å². The van der Waals surface area contributed by atoms with Gasteiger partial charge in [0.05, 0.1) is 19.8 Å². The Kier molecular flexibility index (Phi) is 40.8. The number of phosphoric ester groups is 1. The summed E-state index contributed by atoms with van der Waals surface area (Å²) < 4.78 is 33.4. The molecule has 0 saturated carbocycles. The minimum atomic E-state index is -4.27. The average Bonchev–Trinajstić information content (AvgIpc) is 3.13. The highest BCUT2D eigenvalue weighted by Gasteiger charge is 2.25. The minimum absolute atomic E-state index is 0.0937. The molecule has 3 N–H and O–H groups in total. The number of hydrogen-bond acceptors (Lipinski definition) is 7. The Bertz CT molecular complexity index is 812. The van der Waals surface area contributed by atoms with Crippen LogP contribution in [0.15, 0.2) is 12.2 Å². The quantitative estimate of drug-likeness (QED) is 0.0273. The van der Waals surface area contributed by atoms with Gasteiger partial charge in [0.15, 0.2) is 0 Å². The van der Waals surface area contributed by atoms with E-state index in [0.29, 0.717) is 13.0 Å². The first-order chi connectivity index (χ1) is 25.4. The second-order valence-electron chi connectivity index (χ2n) is 14.9. The number of phosphoric acid groups is 1. The number of esters is 1. The van der Waals surface area contributed by atoms with Crippen LogP contribution in [-0.4, -0.2) is 49.9 Å². The predicted molar refractivity (Wildman–Crippen MR) is 220 cm³/mol. The van der Waals surface area contributed by atoms with Crippen LogP contribution in [0.3, 0.4) is 0 Å². The monoisotopic (exact) mass is 760 g/mol. The summed E-state index contributed by atoms with van der Waals surface area (Å²) in [6.07, 6.45) is 43.7. The SMILES string of the molecule is CCCCCC/C=C\CCCCCCCC(=O)OC(COCCCCCCCCCCCCCCCCCCCCCC)COP(=O)(O)OCCN. The molecular weight excluding hydrogens is 673 g/mol.